The van der Waals surface area contributed by atoms with Gasteiger partial charge < -0.3 is 5.32 Å². The molecule has 1 aliphatic carbocycles. The van der Waals surface area contributed by atoms with Gasteiger partial charge in [0.2, 0.25) is 0 Å². The highest BCUT2D eigenvalue weighted by Gasteiger charge is 2.25. The summed E-state index contributed by atoms with van der Waals surface area (Å²) in [7, 11) is 0. The van der Waals surface area contributed by atoms with Crippen molar-refractivity contribution in [1.82, 2.24) is 9.97 Å². The first kappa shape index (κ1) is 13.9. The Morgan fingerprint density at radius 1 is 1.14 bits per heavy atom. The van der Waals surface area contributed by atoms with Crippen LogP contribution in [0.15, 0.2) is 24.5 Å². The average Bonchev–Trinajstić information content (AvgIpc) is 2.39. The molecule has 3 nitrogen and oxygen atoms in total. The van der Waals surface area contributed by atoms with Crippen molar-refractivity contribution in [3.8, 4) is 0 Å². The molecule has 1 N–H and O–H groups in total. The Kier molecular flexibility index (Phi) is 3.77. The van der Waals surface area contributed by atoms with E-state index in [1.54, 1.807) is 0 Å². The first-order valence-corrected chi connectivity index (χ1v) is 6.83. The minimum atomic E-state index is -0.670. The van der Waals surface area contributed by atoms with Gasteiger partial charge in [-0.05, 0) is 18.9 Å². The fourth-order valence-corrected chi connectivity index (χ4v) is 2.32. The van der Waals surface area contributed by atoms with Crippen LogP contribution in [0.25, 0.3) is 0 Å². The van der Waals surface area contributed by atoms with Crippen molar-refractivity contribution >= 4 is 5.82 Å². The van der Waals surface area contributed by atoms with Crippen LogP contribution >= 0.6 is 0 Å². The standard InChI is InChI=1S/C15H14F3N3/c16-11-5-4-10(12(17)6-11)7-19-15-13(18)14(20-8-21-15)9-2-1-3-9/h4-6,8-9H,1-3,7H2,(H,19,20,21). The molecular weight excluding hydrogens is 279 g/mol. The number of rotatable bonds is 4. The predicted octanol–water partition coefficient (Wildman–Crippen LogP) is 3.77. The van der Waals surface area contributed by atoms with Crippen LogP contribution in [0.4, 0.5) is 19.0 Å². The fraction of sp³-hybridized carbons (Fsp3) is 0.333. The highest BCUT2D eigenvalue weighted by atomic mass is 19.1. The molecule has 1 aromatic carbocycles. The van der Waals surface area contributed by atoms with E-state index in [0.29, 0.717) is 5.69 Å². The summed E-state index contributed by atoms with van der Waals surface area (Å²) in [6, 6.07) is 3.28. The quantitative estimate of drug-likeness (QED) is 0.932. The third-order valence-electron chi connectivity index (χ3n) is 3.77. The number of nitrogens with one attached hydrogen (secondary N) is 1. The molecule has 0 bridgehead atoms. The summed E-state index contributed by atoms with van der Waals surface area (Å²) in [6.07, 6.45) is 4.25. The Morgan fingerprint density at radius 2 is 1.95 bits per heavy atom. The average molecular weight is 293 g/mol. The maximum Gasteiger partial charge on any atom is 0.187 e. The second-order valence-corrected chi connectivity index (χ2v) is 5.14. The summed E-state index contributed by atoms with van der Waals surface area (Å²) in [5.41, 5.74) is 0.665. The minimum absolute atomic E-state index is 0.0319. The van der Waals surface area contributed by atoms with Crippen LogP contribution in [-0.4, -0.2) is 9.97 Å². The van der Waals surface area contributed by atoms with E-state index in [4.69, 9.17) is 0 Å². The van der Waals surface area contributed by atoms with E-state index in [1.807, 2.05) is 0 Å². The van der Waals surface area contributed by atoms with Crippen molar-refractivity contribution in [2.24, 2.45) is 0 Å². The Hall–Kier alpha value is -2.11. The van der Waals surface area contributed by atoms with E-state index in [0.717, 1.165) is 31.4 Å². The highest BCUT2D eigenvalue weighted by Crippen LogP contribution is 2.37. The number of benzene rings is 1. The van der Waals surface area contributed by atoms with E-state index in [2.05, 4.69) is 15.3 Å². The lowest BCUT2D eigenvalue weighted by Gasteiger charge is -2.25. The van der Waals surface area contributed by atoms with Gasteiger partial charge in [0.15, 0.2) is 11.6 Å². The summed E-state index contributed by atoms with van der Waals surface area (Å²) in [4.78, 5) is 7.84. The molecule has 1 heterocycles. The molecule has 0 spiro atoms. The van der Waals surface area contributed by atoms with Gasteiger partial charge in [0.1, 0.15) is 18.0 Å². The number of hydrogen-bond acceptors (Lipinski definition) is 3. The smallest absolute Gasteiger partial charge is 0.187 e. The van der Waals surface area contributed by atoms with E-state index in [-0.39, 0.29) is 23.8 Å². The third kappa shape index (κ3) is 2.84. The van der Waals surface area contributed by atoms with Crippen molar-refractivity contribution in [3.63, 3.8) is 0 Å². The largest absolute Gasteiger partial charge is 0.363 e. The van der Waals surface area contributed by atoms with Gasteiger partial charge in [-0.3, -0.25) is 0 Å². The molecule has 1 aromatic heterocycles. The van der Waals surface area contributed by atoms with Crippen LogP contribution < -0.4 is 5.32 Å². The summed E-state index contributed by atoms with van der Waals surface area (Å²) in [5, 5.41) is 2.74. The number of halogens is 3. The lowest BCUT2D eigenvalue weighted by atomic mass is 9.82. The molecule has 0 radical (unpaired) electrons. The molecule has 0 aliphatic heterocycles. The van der Waals surface area contributed by atoms with Gasteiger partial charge in [-0.15, -0.1) is 0 Å². The lowest BCUT2D eigenvalue weighted by Crippen LogP contribution is -2.15. The van der Waals surface area contributed by atoms with Gasteiger partial charge in [-0.25, -0.2) is 23.1 Å². The number of hydrogen-bond donors (Lipinski definition) is 1. The minimum Gasteiger partial charge on any atom is -0.363 e. The Balaban J connectivity index is 1.75. The normalized spacial score (nSPS) is 14.8. The first-order valence-electron chi connectivity index (χ1n) is 6.83. The van der Waals surface area contributed by atoms with Gasteiger partial charge >= 0.3 is 0 Å². The van der Waals surface area contributed by atoms with Crippen molar-refractivity contribution in [2.75, 3.05) is 5.32 Å². The number of aromatic nitrogens is 2. The Morgan fingerprint density at radius 3 is 2.62 bits per heavy atom. The molecule has 21 heavy (non-hydrogen) atoms. The van der Waals surface area contributed by atoms with Crippen LogP contribution in [0.2, 0.25) is 0 Å². The Bertz CT molecular complexity index is 657. The lowest BCUT2D eigenvalue weighted by molar-refractivity contribution is 0.393. The zero-order valence-corrected chi connectivity index (χ0v) is 11.2. The summed E-state index contributed by atoms with van der Waals surface area (Å²) in [5.74, 6) is -1.59. The fourth-order valence-electron chi connectivity index (χ4n) is 2.32. The zero-order valence-electron chi connectivity index (χ0n) is 11.2. The highest BCUT2D eigenvalue weighted by molar-refractivity contribution is 5.39. The second-order valence-electron chi connectivity index (χ2n) is 5.14. The summed E-state index contributed by atoms with van der Waals surface area (Å²) in [6.45, 7) is 0.0319. The van der Waals surface area contributed by atoms with Crippen molar-refractivity contribution in [2.45, 2.75) is 31.7 Å². The molecule has 0 amide bonds. The molecule has 3 rings (SSSR count). The summed E-state index contributed by atoms with van der Waals surface area (Å²) < 4.78 is 40.6. The first-order chi connectivity index (χ1) is 10.1. The molecule has 2 aromatic rings. The van der Waals surface area contributed by atoms with Crippen LogP contribution in [-0.2, 0) is 6.54 Å². The molecule has 1 saturated carbocycles. The topological polar surface area (TPSA) is 37.8 Å². The monoisotopic (exact) mass is 293 g/mol. The van der Waals surface area contributed by atoms with Crippen LogP contribution in [0, 0.1) is 17.5 Å². The van der Waals surface area contributed by atoms with E-state index >= 15 is 0 Å². The molecule has 0 saturated heterocycles. The third-order valence-corrected chi connectivity index (χ3v) is 3.77. The van der Waals surface area contributed by atoms with Crippen molar-refractivity contribution < 1.29 is 13.2 Å². The Labute approximate surface area is 120 Å². The number of anilines is 1. The molecule has 1 aliphatic rings. The molecule has 1 fully saturated rings. The summed E-state index contributed by atoms with van der Waals surface area (Å²) >= 11 is 0. The predicted molar refractivity (Wildman–Crippen MR) is 72.3 cm³/mol. The van der Waals surface area contributed by atoms with E-state index < -0.39 is 17.5 Å². The molecular formula is C15H14F3N3. The SMILES string of the molecule is Fc1ccc(CNc2ncnc(C3CCC3)c2F)c(F)c1. The molecule has 0 unspecified atom stereocenters. The van der Waals surface area contributed by atoms with Gasteiger partial charge in [0.25, 0.3) is 0 Å². The van der Waals surface area contributed by atoms with E-state index in [1.165, 1.54) is 12.4 Å². The molecule has 0 atom stereocenters. The van der Waals surface area contributed by atoms with Crippen molar-refractivity contribution in [1.29, 1.82) is 0 Å². The van der Waals surface area contributed by atoms with Gasteiger partial charge in [0.05, 0.1) is 5.69 Å². The van der Waals surface area contributed by atoms with Gasteiger partial charge in [-0.2, -0.15) is 0 Å². The van der Waals surface area contributed by atoms with Crippen molar-refractivity contribution in [3.05, 3.63) is 53.2 Å². The maximum atomic E-state index is 14.3. The van der Waals surface area contributed by atoms with Gasteiger partial charge in [-0.1, -0.05) is 12.5 Å². The van der Waals surface area contributed by atoms with Crippen LogP contribution in [0.5, 0.6) is 0 Å². The molecule has 6 heteroatoms. The zero-order chi connectivity index (χ0) is 14.8. The second kappa shape index (κ2) is 5.71. The molecule has 110 valence electrons. The van der Waals surface area contributed by atoms with Crippen LogP contribution in [0.1, 0.15) is 36.4 Å². The number of nitrogens with zero attached hydrogens (tertiary/aromatic N) is 2. The van der Waals surface area contributed by atoms with E-state index in [9.17, 15) is 13.2 Å². The van der Waals surface area contributed by atoms with Crippen LogP contribution in [0.3, 0.4) is 0 Å². The van der Waals surface area contributed by atoms with Gasteiger partial charge in [0, 0.05) is 24.1 Å². The maximum absolute atomic E-state index is 14.3.